The van der Waals surface area contributed by atoms with E-state index in [0.29, 0.717) is 23.1 Å². The number of fused-ring (bicyclic) bond motifs is 2. The number of nitrogens with two attached hydrogens (primary N) is 1. The zero-order valence-corrected chi connectivity index (χ0v) is 19.0. The SMILES string of the molecule is Cc1nc(N)ccc1CNC(=O)C1=NN(Cc2ccc3ncc(Cl)cc3c2)C2C=CC(=O)N=C12. The monoisotopic (exact) mass is 473 g/mol. The van der Waals surface area contributed by atoms with Crippen LogP contribution in [0.1, 0.15) is 16.8 Å². The average molecular weight is 474 g/mol. The molecule has 0 bridgehead atoms. The second-order valence-corrected chi connectivity index (χ2v) is 8.47. The van der Waals surface area contributed by atoms with E-state index in [-0.39, 0.29) is 12.3 Å². The number of benzene rings is 1. The van der Waals surface area contributed by atoms with Crippen LogP contribution in [0.3, 0.4) is 0 Å². The number of hydrazone groups is 1. The van der Waals surface area contributed by atoms with Crippen LogP contribution in [0.15, 0.2) is 64.8 Å². The third kappa shape index (κ3) is 4.25. The van der Waals surface area contributed by atoms with Gasteiger partial charge in [-0.1, -0.05) is 23.7 Å². The number of anilines is 1. The van der Waals surface area contributed by atoms with E-state index in [0.717, 1.165) is 27.7 Å². The maximum Gasteiger partial charge on any atom is 0.273 e. The first-order valence-corrected chi connectivity index (χ1v) is 11.0. The molecular weight excluding hydrogens is 454 g/mol. The fourth-order valence-corrected chi connectivity index (χ4v) is 4.12. The minimum Gasteiger partial charge on any atom is -0.384 e. The van der Waals surface area contributed by atoms with Crippen molar-refractivity contribution in [3.05, 3.63) is 76.6 Å². The van der Waals surface area contributed by atoms with Crippen LogP contribution in [-0.4, -0.2) is 44.3 Å². The lowest BCUT2D eigenvalue weighted by molar-refractivity contribution is -0.115. The topological polar surface area (TPSA) is 126 Å². The average Bonchev–Trinajstić information content (AvgIpc) is 3.15. The molecule has 0 saturated heterocycles. The Bertz CT molecular complexity index is 1430. The lowest BCUT2D eigenvalue weighted by atomic mass is 10.0. The number of rotatable bonds is 5. The van der Waals surface area contributed by atoms with Crippen LogP contribution in [0.5, 0.6) is 0 Å². The number of hydrogen-bond acceptors (Lipinski definition) is 7. The van der Waals surface area contributed by atoms with E-state index in [1.54, 1.807) is 23.3 Å². The van der Waals surface area contributed by atoms with Crippen LogP contribution < -0.4 is 11.1 Å². The van der Waals surface area contributed by atoms with Crippen molar-refractivity contribution in [3.63, 3.8) is 0 Å². The molecule has 3 N–H and O–H groups in total. The highest BCUT2D eigenvalue weighted by Gasteiger charge is 2.37. The first-order valence-electron chi connectivity index (χ1n) is 10.6. The minimum absolute atomic E-state index is 0.120. The molecule has 34 heavy (non-hydrogen) atoms. The summed E-state index contributed by atoms with van der Waals surface area (Å²) in [5.74, 6) is -0.418. The summed E-state index contributed by atoms with van der Waals surface area (Å²) < 4.78 is 0. The number of carbonyl (C=O) groups excluding carboxylic acids is 2. The number of carbonyl (C=O) groups is 2. The summed E-state index contributed by atoms with van der Waals surface area (Å²) in [6.07, 6.45) is 4.71. The molecule has 2 aliphatic rings. The molecule has 4 heterocycles. The number of aryl methyl sites for hydroxylation is 1. The maximum absolute atomic E-state index is 13.0. The molecule has 2 aliphatic heterocycles. The van der Waals surface area contributed by atoms with Crippen LogP contribution in [-0.2, 0) is 22.7 Å². The van der Waals surface area contributed by atoms with Gasteiger partial charge in [0.05, 0.1) is 17.1 Å². The first kappa shape index (κ1) is 21.7. The lowest BCUT2D eigenvalue weighted by Crippen LogP contribution is -2.39. The molecule has 2 amide bonds. The Morgan fingerprint density at radius 1 is 1.24 bits per heavy atom. The Hall–Kier alpha value is -4.11. The van der Waals surface area contributed by atoms with Gasteiger partial charge in [-0.3, -0.25) is 19.6 Å². The molecule has 0 radical (unpaired) electrons. The van der Waals surface area contributed by atoms with Gasteiger partial charge in [0.1, 0.15) is 17.6 Å². The summed E-state index contributed by atoms with van der Waals surface area (Å²) in [7, 11) is 0. The van der Waals surface area contributed by atoms with Crippen molar-refractivity contribution in [1.29, 1.82) is 0 Å². The predicted molar refractivity (Wildman–Crippen MR) is 130 cm³/mol. The van der Waals surface area contributed by atoms with Gasteiger partial charge in [-0.05, 0) is 48.4 Å². The van der Waals surface area contributed by atoms with Gasteiger partial charge in [0.25, 0.3) is 11.8 Å². The molecule has 1 atom stereocenters. The molecular formula is C24H20ClN7O2. The Kier molecular flexibility index (Phi) is 5.54. The van der Waals surface area contributed by atoms with E-state index in [4.69, 9.17) is 17.3 Å². The second-order valence-electron chi connectivity index (χ2n) is 8.03. The van der Waals surface area contributed by atoms with Gasteiger partial charge in [0.15, 0.2) is 5.71 Å². The number of nitrogens with one attached hydrogen (secondary N) is 1. The van der Waals surface area contributed by atoms with Crippen molar-refractivity contribution in [3.8, 4) is 0 Å². The normalized spacial score (nSPS) is 16.9. The van der Waals surface area contributed by atoms with Gasteiger partial charge in [0, 0.05) is 29.9 Å². The molecule has 170 valence electrons. The minimum atomic E-state index is -0.418. The summed E-state index contributed by atoms with van der Waals surface area (Å²) in [6, 6.07) is 10.8. The van der Waals surface area contributed by atoms with Gasteiger partial charge < -0.3 is 11.1 Å². The highest BCUT2D eigenvalue weighted by atomic mass is 35.5. The van der Waals surface area contributed by atoms with Gasteiger partial charge in [0.2, 0.25) is 0 Å². The number of aromatic nitrogens is 2. The molecule has 0 spiro atoms. The van der Waals surface area contributed by atoms with Crippen molar-refractivity contribution in [2.24, 2.45) is 10.1 Å². The summed E-state index contributed by atoms with van der Waals surface area (Å²) in [6.45, 7) is 2.48. The molecule has 9 nitrogen and oxygen atoms in total. The van der Waals surface area contributed by atoms with Gasteiger partial charge in [-0.15, -0.1) is 0 Å². The van der Waals surface area contributed by atoms with E-state index >= 15 is 0 Å². The van der Waals surface area contributed by atoms with Crippen LogP contribution in [0.4, 0.5) is 5.82 Å². The van der Waals surface area contributed by atoms with Crippen LogP contribution >= 0.6 is 11.6 Å². The van der Waals surface area contributed by atoms with Crippen molar-refractivity contribution in [2.45, 2.75) is 26.1 Å². The van der Waals surface area contributed by atoms with Gasteiger partial charge in [-0.2, -0.15) is 5.10 Å². The molecule has 1 aromatic carbocycles. The van der Waals surface area contributed by atoms with E-state index in [1.807, 2.05) is 37.3 Å². The van der Waals surface area contributed by atoms with Crippen molar-refractivity contribution < 1.29 is 9.59 Å². The third-order valence-corrected chi connectivity index (χ3v) is 5.86. The van der Waals surface area contributed by atoms with E-state index in [2.05, 4.69) is 25.4 Å². The van der Waals surface area contributed by atoms with Gasteiger partial charge >= 0.3 is 0 Å². The summed E-state index contributed by atoms with van der Waals surface area (Å²) in [5, 5.41) is 10.6. The Labute approximate surface area is 200 Å². The number of pyridine rings is 2. The zero-order chi connectivity index (χ0) is 23.8. The molecule has 0 saturated carbocycles. The standard InChI is InChI=1S/C24H20ClN7O2/c1-13-15(3-6-20(26)29-13)10-28-24(34)23-22-19(5-7-21(33)30-22)32(31-23)12-14-2-4-18-16(8-14)9-17(25)11-27-18/h2-9,11,19H,10,12H2,1H3,(H2,26,29)(H,28,34). The predicted octanol–water partition coefficient (Wildman–Crippen LogP) is 2.57. The molecule has 1 unspecified atom stereocenters. The number of hydrogen-bond donors (Lipinski definition) is 2. The smallest absolute Gasteiger partial charge is 0.273 e. The number of dihydropyridines is 1. The Morgan fingerprint density at radius 3 is 2.91 bits per heavy atom. The van der Waals surface area contributed by atoms with Gasteiger partial charge in [-0.25, -0.2) is 9.98 Å². The molecule has 2 aromatic heterocycles. The van der Waals surface area contributed by atoms with Crippen LogP contribution in [0.2, 0.25) is 5.02 Å². The van der Waals surface area contributed by atoms with Crippen molar-refractivity contribution in [2.75, 3.05) is 5.73 Å². The lowest BCUT2D eigenvalue weighted by Gasteiger charge is -2.22. The number of nitrogens with zero attached hydrogens (tertiary/aromatic N) is 5. The summed E-state index contributed by atoms with van der Waals surface area (Å²) in [4.78, 5) is 37.6. The second kappa shape index (κ2) is 8.68. The fraction of sp³-hybridized carbons (Fsp3) is 0.167. The van der Waals surface area contributed by atoms with Crippen molar-refractivity contribution in [1.82, 2.24) is 20.3 Å². The molecule has 0 aliphatic carbocycles. The molecule has 10 heteroatoms. The van der Waals surface area contributed by atoms with Crippen LogP contribution in [0.25, 0.3) is 10.9 Å². The maximum atomic E-state index is 13.0. The largest absolute Gasteiger partial charge is 0.384 e. The highest BCUT2D eigenvalue weighted by Crippen LogP contribution is 2.24. The molecule has 3 aromatic rings. The Morgan fingerprint density at radius 2 is 2.09 bits per heavy atom. The number of amides is 2. The summed E-state index contributed by atoms with van der Waals surface area (Å²) >= 11 is 6.09. The Balaban J connectivity index is 1.39. The first-order chi connectivity index (χ1) is 16.4. The van der Waals surface area contributed by atoms with Crippen molar-refractivity contribution >= 4 is 51.6 Å². The number of halogens is 1. The van der Waals surface area contributed by atoms with E-state index < -0.39 is 17.9 Å². The fourth-order valence-electron chi connectivity index (χ4n) is 3.95. The molecule has 5 rings (SSSR count). The summed E-state index contributed by atoms with van der Waals surface area (Å²) in [5.41, 5.74) is 9.50. The highest BCUT2D eigenvalue weighted by molar-refractivity contribution is 6.69. The van der Waals surface area contributed by atoms with E-state index in [9.17, 15) is 9.59 Å². The zero-order valence-electron chi connectivity index (χ0n) is 18.2. The quantitative estimate of drug-likeness (QED) is 0.586. The van der Waals surface area contributed by atoms with Crippen LogP contribution in [0, 0.1) is 6.92 Å². The number of aliphatic imine (C=N–C) groups is 1. The number of nitrogen functional groups attached to an aromatic ring is 1. The van der Waals surface area contributed by atoms with E-state index in [1.165, 1.54) is 6.08 Å². The third-order valence-electron chi connectivity index (χ3n) is 5.65. The molecule has 0 fully saturated rings.